The molecule has 0 aliphatic carbocycles. The van der Waals surface area contributed by atoms with Gasteiger partial charge in [-0.1, -0.05) is 279 Å². The summed E-state index contributed by atoms with van der Waals surface area (Å²) in [6, 6.07) is 0. The van der Waals surface area contributed by atoms with Crippen LogP contribution in [0, 0.1) is 11.8 Å². The molecule has 0 bridgehead atoms. The van der Waals surface area contributed by atoms with Gasteiger partial charge in [0.25, 0.3) is 0 Å². The SMILES string of the molecule is CCCCCCCCCCCCCCCCC(=O)O[C@H](COC(=O)CCCCCCCCCCCC(C)C)COP(=O)(O)OC[C@@H](O)COP(=O)(O)OC[C@@H](COC(=O)CCCCCCCCC)OC(=O)CCCCCCCCCCCC(C)C. The van der Waals surface area contributed by atoms with Gasteiger partial charge in [-0.05, 0) is 37.5 Å². The molecule has 0 amide bonds. The summed E-state index contributed by atoms with van der Waals surface area (Å²) >= 11 is 0. The van der Waals surface area contributed by atoms with Crippen LogP contribution in [-0.2, 0) is 65.4 Å². The molecule has 0 fully saturated rings. The molecule has 0 aromatic heterocycles. The first kappa shape index (κ1) is 83.1. The second-order valence-corrected chi connectivity index (χ2v) is 27.7. The summed E-state index contributed by atoms with van der Waals surface area (Å²) in [5, 5.41) is 10.5. The van der Waals surface area contributed by atoms with E-state index >= 15 is 0 Å². The van der Waals surface area contributed by atoms with Crippen LogP contribution in [0.2, 0.25) is 0 Å². The number of esters is 4. The predicted molar refractivity (Wildman–Crippen MR) is 340 cm³/mol. The first-order valence-electron chi connectivity index (χ1n) is 34.5. The lowest BCUT2D eigenvalue weighted by atomic mass is 10.0. The number of unbranched alkanes of at least 4 members (excludes halogenated alkanes) is 35. The number of hydrogen-bond acceptors (Lipinski definition) is 15. The van der Waals surface area contributed by atoms with Crippen LogP contribution in [0.5, 0.6) is 0 Å². The Balaban J connectivity index is 5.22. The predicted octanol–water partition coefficient (Wildman–Crippen LogP) is 18.4. The van der Waals surface area contributed by atoms with E-state index in [9.17, 15) is 43.2 Å². The van der Waals surface area contributed by atoms with Crippen molar-refractivity contribution in [3.8, 4) is 0 Å². The highest BCUT2D eigenvalue weighted by atomic mass is 31.2. The lowest BCUT2D eigenvalue weighted by Gasteiger charge is -2.21. The van der Waals surface area contributed by atoms with Gasteiger partial charge in [-0.25, -0.2) is 9.13 Å². The number of phosphoric acid groups is 2. The third kappa shape index (κ3) is 60.7. The summed E-state index contributed by atoms with van der Waals surface area (Å²) in [7, 11) is -9.89. The molecule has 0 spiro atoms. The van der Waals surface area contributed by atoms with Crippen LogP contribution in [0.25, 0.3) is 0 Å². The summed E-state index contributed by atoms with van der Waals surface area (Å²) in [6.45, 7) is 9.44. The summed E-state index contributed by atoms with van der Waals surface area (Å²) in [5.41, 5.74) is 0. The summed E-state index contributed by atoms with van der Waals surface area (Å²) in [5.74, 6) is -0.653. The van der Waals surface area contributed by atoms with Crippen LogP contribution in [-0.4, -0.2) is 96.7 Å². The molecular weight excluding hydrogens is 1130 g/mol. The van der Waals surface area contributed by atoms with E-state index in [1.54, 1.807) is 0 Å². The molecule has 0 saturated carbocycles. The number of aliphatic hydroxyl groups is 1. The molecule has 0 rings (SSSR count). The van der Waals surface area contributed by atoms with Crippen LogP contribution in [0.15, 0.2) is 0 Å². The summed E-state index contributed by atoms with van der Waals surface area (Å²) < 4.78 is 68.0. The number of aliphatic hydroxyl groups excluding tert-OH is 1. The number of rotatable bonds is 65. The molecule has 0 radical (unpaired) electrons. The van der Waals surface area contributed by atoms with E-state index in [1.807, 2.05) is 0 Å². The molecule has 85 heavy (non-hydrogen) atoms. The van der Waals surface area contributed by atoms with Gasteiger partial charge in [0.1, 0.15) is 19.3 Å². The molecule has 504 valence electrons. The van der Waals surface area contributed by atoms with Gasteiger partial charge in [0, 0.05) is 25.7 Å². The van der Waals surface area contributed by atoms with E-state index in [-0.39, 0.29) is 25.7 Å². The maximum Gasteiger partial charge on any atom is 0.472 e. The van der Waals surface area contributed by atoms with Crippen molar-refractivity contribution in [3.63, 3.8) is 0 Å². The van der Waals surface area contributed by atoms with Crippen LogP contribution in [0.3, 0.4) is 0 Å². The zero-order valence-electron chi connectivity index (χ0n) is 54.9. The van der Waals surface area contributed by atoms with Crippen molar-refractivity contribution in [2.24, 2.45) is 11.8 Å². The van der Waals surface area contributed by atoms with Gasteiger partial charge in [0.2, 0.25) is 0 Å². The fourth-order valence-electron chi connectivity index (χ4n) is 9.88. The Morgan fingerprint density at radius 2 is 0.541 bits per heavy atom. The second kappa shape index (κ2) is 58.4. The van der Waals surface area contributed by atoms with Crippen molar-refractivity contribution >= 4 is 39.5 Å². The Labute approximate surface area is 517 Å². The van der Waals surface area contributed by atoms with E-state index < -0.39 is 97.5 Å². The zero-order chi connectivity index (χ0) is 62.9. The van der Waals surface area contributed by atoms with Crippen LogP contribution in [0.4, 0.5) is 0 Å². The number of ether oxygens (including phenoxy) is 4. The Hall–Kier alpha value is -1.94. The Kier molecular flexibility index (Phi) is 57.1. The van der Waals surface area contributed by atoms with Gasteiger partial charge < -0.3 is 33.8 Å². The zero-order valence-corrected chi connectivity index (χ0v) is 56.7. The molecule has 3 N–H and O–H groups in total. The topological polar surface area (TPSA) is 237 Å². The molecule has 0 aromatic rings. The molecule has 0 aliphatic rings. The minimum absolute atomic E-state index is 0.105. The van der Waals surface area contributed by atoms with E-state index in [4.69, 9.17) is 37.0 Å². The second-order valence-electron chi connectivity index (χ2n) is 24.8. The van der Waals surface area contributed by atoms with Crippen molar-refractivity contribution in [2.45, 2.75) is 349 Å². The van der Waals surface area contributed by atoms with Crippen molar-refractivity contribution in [2.75, 3.05) is 39.6 Å². The number of phosphoric ester groups is 2. The standard InChI is InChI=1S/C66H128O17P2/c1-7-9-11-13-15-16-17-18-19-20-25-32-38-44-50-65(70)83-62(55-77-64(69)49-43-37-31-26-21-23-29-34-40-46-58(3)4)57-81-85(74,75)79-53-60(67)52-78-84(72,73)80-56-61(54-76-63(68)48-42-36-28-14-12-10-8-2)82-66(71)51-45-39-33-27-22-24-30-35-41-47-59(5)6/h58-62,67H,7-57H2,1-6H3,(H,72,73)(H,74,75)/t60-,61+,62+/m0/s1. The van der Waals surface area contributed by atoms with E-state index in [0.29, 0.717) is 25.7 Å². The van der Waals surface area contributed by atoms with Crippen LogP contribution >= 0.6 is 15.6 Å². The maximum absolute atomic E-state index is 13.0. The van der Waals surface area contributed by atoms with Gasteiger partial charge in [0.05, 0.1) is 26.4 Å². The Morgan fingerprint density at radius 1 is 0.318 bits per heavy atom. The van der Waals surface area contributed by atoms with Gasteiger partial charge in [0.15, 0.2) is 12.2 Å². The third-order valence-corrected chi connectivity index (χ3v) is 17.1. The van der Waals surface area contributed by atoms with E-state index in [0.717, 1.165) is 115 Å². The maximum atomic E-state index is 13.0. The largest absolute Gasteiger partial charge is 0.472 e. The molecule has 17 nitrogen and oxygen atoms in total. The molecule has 0 aromatic carbocycles. The molecule has 0 saturated heterocycles. The first-order chi connectivity index (χ1) is 40.9. The van der Waals surface area contributed by atoms with Gasteiger partial charge in [-0.2, -0.15) is 0 Å². The smallest absolute Gasteiger partial charge is 0.462 e. The number of hydrogen-bond donors (Lipinski definition) is 3. The Morgan fingerprint density at radius 3 is 0.800 bits per heavy atom. The van der Waals surface area contributed by atoms with Gasteiger partial charge >= 0.3 is 39.5 Å². The lowest BCUT2D eigenvalue weighted by Crippen LogP contribution is -2.30. The van der Waals surface area contributed by atoms with Gasteiger partial charge in [-0.3, -0.25) is 37.3 Å². The highest BCUT2D eigenvalue weighted by Crippen LogP contribution is 2.45. The van der Waals surface area contributed by atoms with Crippen molar-refractivity contribution in [1.82, 2.24) is 0 Å². The third-order valence-electron chi connectivity index (χ3n) is 15.2. The molecule has 19 heteroatoms. The molecule has 2 unspecified atom stereocenters. The molecule has 0 aliphatic heterocycles. The quantitative estimate of drug-likeness (QED) is 0.0222. The molecular formula is C66H128O17P2. The molecule has 5 atom stereocenters. The van der Waals surface area contributed by atoms with Crippen LogP contribution in [0.1, 0.15) is 330 Å². The van der Waals surface area contributed by atoms with E-state index in [1.165, 1.54) is 135 Å². The average Bonchev–Trinajstić information content (AvgIpc) is 3.48. The van der Waals surface area contributed by atoms with Crippen molar-refractivity contribution < 1.29 is 80.2 Å². The Bertz CT molecular complexity index is 1670. The van der Waals surface area contributed by atoms with Crippen molar-refractivity contribution in [3.05, 3.63) is 0 Å². The fourth-order valence-corrected chi connectivity index (χ4v) is 11.5. The lowest BCUT2D eigenvalue weighted by molar-refractivity contribution is -0.161. The summed E-state index contributed by atoms with van der Waals surface area (Å²) in [4.78, 5) is 72.2. The normalized spacial score (nSPS) is 14.2. The summed E-state index contributed by atoms with van der Waals surface area (Å²) in [6.07, 6.45) is 41.8. The van der Waals surface area contributed by atoms with Crippen molar-refractivity contribution in [1.29, 1.82) is 0 Å². The van der Waals surface area contributed by atoms with Gasteiger partial charge in [-0.15, -0.1) is 0 Å². The highest BCUT2D eigenvalue weighted by Gasteiger charge is 2.30. The van der Waals surface area contributed by atoms with E-state index in [2.05, 4.69) is 41.5 Å². The minimum atomic E-state index is -4.95. The number of carbonyl (C=O) groups is 4. The molecule has 0 heterocycles. The highest BCUT2D eigenvalue weighted by molar-refractivity contribution is 7.47. The fraction of sp³-hybridized carbons (Fsp3) is 0.939. The monoisotopic (exact) mass is 1250 g/mol. The average molecular weight is 1260 g/mol. The minimum Gasteiger partial charge on any atom is -0.462 e. The number of carbonyl (C=O) groups excluding carboxylic acids is 4. The van der Waals surface area contributed by atoms with Crippen LogP contribution < -0.4 is 0 Å². The first-order valence-corrected chi connectivity index (χ1v) is 37.5.